The zero-order valence-electron chi connectivity index (χ0n) is 38.3. The molecule has 0 aromatic heterocycles. The topological polar surface area (TPSA) is 78.9 Å². The van der Waals surface area contributed by atoms with Gasteiger partial charge in [0.15, 0.2) is 6.10 Å². The number of esters is 3. The summed E-state index contributed by atoms with van der Waals surface area (Å²) in [6, 6.07) is 0. The van der Waals surface area contributed by atoms with Crippen molar-refractivity contribution in [3.63, 3.8) is 0 Å². The van der Waals surface area contributed by atoms with E-state index in [9.17, 15) is 14.4 Å². The molecule has 0 aliphatic heterocycles. The highest BCUT2D eigenvalue weighted by Gasteiger charge is 2.19. The summed E-state index contributed by atoms with van der Waals surface area (Å²) in [7, 11) is 0. The summed E-state index contributed by atoms with van der Waals surface area (Å²) in [4.78, 5) is 37.8. The molecule has 0 N–H and O–H groups in total. The van der Waals surface area contributed by atoms with Crippen LogP contribution in [-0.2, 0) is 28.6 Å². The van der Waals surface area contributed by atoms with Gasteiger partial charge in [-0.3, -0.25) is 14.4 Å². The fraction of sp³-hybridized carbons (Fsp3) is 0.788. The van der Waals surface area contributed by atoms with Crippen LogP contribution < -0.4 is 0 Å². The third-order valence-electron chi connectivity index (χ3n) is 10.7. The van der Waals surface area contributed by atoms with Gasteiger partial charge < -0.3 is 14.2 Å². The molecule has 0 heterocycles. The number of unbranched alkanes of at least 4 members (excludes halogenated alkanes) is 28. The van der Waals surface area contributed by atoms with Crippen LogP contribution in [0.15, 0.2) is 48.6 Å². The molecule has 6 nitrogen and oxygen atoms in total. The van der Waals surface area contributed by atoms with Crippen LogP contribution in [0.3, 0.4) is 0 Å². The Balaban J connectivity index is 4.37. The van der Waals surface area contributed by atoms with E-state index in [1.165, 1.54) is 122 Å². The van der Waals surface area contributed by atoms with Crippen molar-refractivity contribution in [1.82, 2.24) is 0 Å². The van der Waals surface area contributed by atoms with Gasteiger partial charge in [-0.25, -0.2) is 0 Å². The Morgan fingerprint density at radius 3 is 1.00 bits per heavy atom. The second-order valence-corrected chi connectivity index (χ2v) is 16.5. The maximum absolute atomic E-state index is 12.7. The van der Waals surface area contributed by atoms with Crippen molar-refractivity contribution in [2.45, 2.75) is 252 Å². The first-order chi connectivity index (χ1) is 28.5. The predicted molar refractivity (Wildman–Crippen MR) is 247 cm³/mol. The molecule has 0 bridgehead atoms. The molecule has 0 spiro atoms. The lowest BCUT2D eigenvalue weighted by atomic mass is 10.0. The summed E-state index contributed by atoms with van der Waals surface area (Å²) in [5.74, 6) is -0.899. The average Bonchev–Trinajstić information content (AvgIpc) is 3.22. The number of ether oxygens (including phenoxy) is 3. The van der Waals surface area contributed by atoms with Gasteiger partial charge in [0.05, 0.1) is 0 Å². The first-order valence-corrected chi connectivity index (χ1v) is 24.7. The van der Waals surface area contributed by atoms with Gasteiger partial charge in [0.2, 0.25) is 0 Å². The summed E-state index contributed by atoms with van der Waals surface area (Å²) in [5.41, 5.74) is 0. The molecule has 0 aliphatic rings. The van der Waals surface area contributed by atoms with Crippen molar-refractivity contribution in [3.8, 4) is 0 Å². The maximum atomic E-state index is 12.7. The molecule has 336 valence electrons. The first-order valence-electron chi connectivity index (χ1n) is 24.7. The quantitative estimate of drug-likeness (QED) is 0.0264. The van der Waals surface area contributed by atoms with Gasteiger partial charge in [-0.2, -0.15) is 0 Å². The zero-order chi connectivity index (χ0) is 42.3. The molecule has 1 unspecified atom stereocenters. The number of carbonyl (C=O) groups is 3. The van der Waals surface area contributed by atoms with E-state index in [2.05, 4.69) is 69.4 Å². The molecule has 0 rings (SSSR count). The summed E-state index contributed by atoms with van der Waals surface area (Å²) >= 11 is 0. The van der Waals surface area contributed by atoms with Gasteiger partial charge in [0, 0.05) is 19.3 Å². The van der Waals surface area contributed by atoms with E-state index in [0.29, 0.717) is 19.3 Å². The van der Waals surface area contributed by atoms with Crippen molar-refractivity contribution >= 4 is 17.9 Å². The van der Waals surface area contributed by atoms with E-state index in [0.717, 1.165) is 83.5 Å². The number of rotatable bonds is 44. The van der Waals surface area contributed by atoms with E-state index >= 15 is 0 Å². The summed E-state index contributed by atoms with van der Waals surface area (Å²) in [6.07, 6.45) is 55.2. The third-order valence-corrected chi connectivity index (χ3v) is 10.7. The van der Waals surface area contributed by atoms with Crippen LogP contribution in [0.1, 0.15) is 245 Å². The molecule has 0 radical (unpaired) electrons. The smallest absolute Gasteiger partial charge is 0.306 e. The highest BCUT2D eigenvalue weighted by Crippen LogP contribution is 2.15. The number of carbonyl (C=O) groups excluding carboxylic acids is 3. The molecule has 58 heavy (non-hydrogen) atoms. The summed E-state index contributed by atoms with van der Waals surface area (Å²) < 4.78 is 16.7. The number of hydrogen-bond acceptors (Lipinski definition) is 6. The van der Waals surface area contributed by atoms with Crippen LogP contribution in [0.25, 0.3) is 0 Å². The van der Waals surface area contributed by atoms with E-state index < -0.39 is 6.10 Å². The number of allylic oxidation sites excluding steroid dienone is 8. The van der Waals surface area contributed by atoms with Crippen molar-refractivity contribution in [2.75, 3.05) is 13.2 Å². The molecule has 0 amide bonds. The summed E-state index contributed by atoms with van der Waals surface area (Å²) in [6.45, 7) is 6.56. The minimum atomic E-state index is -0.776. The zero-order valence-corrected chi connectivity index (χ0v) is 38.3. The standard InChI is InChI=1S/C52H92O6/c1-4-7-10-13-16-19-21-23-24-25-26-27-29-30-33-36-39-42-45-51(54)57-48-49(47-56-50(53)44-41-38-35-32-18-15-12-9-6-3)58-52(55)46-43-40-37-34-31-28-22-20-17-14-11-8-5-2/h16,19,21,23-27,49H,4-15,17-18,20,22,28-48H2,1-3H3/b19-16-,23-21-,25-24-,27-26-. The highest BCUT2D eigenvalue weighted by atomic mass is 16.6. The molecule has 0 fully saturated rings. The third kappa shape index (κ3) is 44.5. The minimum Gasteiger partial charge on any atom is -0.462 e. The molecule has 1 atom stereocenters. The average molecular weight is 813 g/mol. The first kappa shape index (κ1) is 55.4. The van der Waals surface area contributed by atoms with Crippen LogP contribution in [-0.4, -0.2) is 37.2 Å². The van der Waals surface area contributed by atoms with Gasteiger partial charge in [-0.1, -0.05) is 230 Å². The largest absolute Gasteiger partial charge is 0.462 e. The van der Waals surface area contributed by atoms with Gasteiger partial charge in [0.1, 0.15) is 13.2 Å². The van der Waals surface area contributed by atoms with Crippen molar-refractivity contribution in [2.24, 2.45) is 0 Å². The normalized spacial score (nSPS) is 12.4. The lowest BCUT2D eigenvalue weighted by Gasteiger charge is -2.18. The molecule has 6 heteroatoms. The fourth-order valence-corrected chi connectivity index (χ4v) is 6.92. The second kappa shape index (κ2) is 47.1. The van der Waals surface area contributed by atoms with Crippen molar-refractivity contribution in [3.05, 3.63) is 48.6 Å². The monoisotopic (exact) mass is 813 g/mol. The molecule has 0 saturated carbocycles. The Morgan fingerprint density at radius 2 is 0.621 bits per heavy atom. The molecule has 0 saturated heterocycles. The highest BCUT2D eigenvalue weighted by molar-refractivity contribution is 5.71. The Hall–Kier alpha value is -2.63. The van der Waals surface area contributed by atoms with Crippen molar-refractivity contribution < 1.29 is 28.6 Å². The van der Waals surface area contributed by atoms with E-state index in [1.807, 2.05) is 0 Å². The second-order valence-electron chi connectivity index (χ2n) is 16.5. The fourth-order valence-electron chi connectivity index (χ4n) is 6.92. The van der Waals surface area contributed by atoms with Crippen LogP contribution >= 0.6 is 0 Å². The predicted octanol–water partition coefficient (Wildman–Crippen LogP) is 15.9. The molecule has 0 aromatic rings. The van der Waals surface area contributed by atoms with Crippen LogP contribution in [0.5, 0.6) is 0 Å². The van der Waals surface area contributed by atoms with E-state index in [1.54, 1.807) is 0 Å². The van der Waals surface area contributed by atoms with Gasteiger partial charge in [-0.05, 0) is 44.9 Å². The van der Waals surface area contributed by atoms with Crippen molar-refractivity contribution in [1.29, 1.82) is 0 Å². The molecule has 0 aromatic carbocycles. The van der Waals surface area contributed by atoms with Gasteiger partial charge >= 0.3 is 17.9 Å². The minimum absolute atomic E-state index is 0.0780. The van der Waals surface area contributed by atoms with Gasteiger partial charge in [0.25, 0.3) is 0 Å². The molecular formula is C52H92O6. The van der Waals surface area contributed by atoms with Crippen LogP contribution in [0, 0.1) is 0 Å². The Labute approximate surface area is 358 Å². The molecule has 0 aliphatic carbocycles. The molecular weight excluding hydrogens is 721 g/mol. The maximum Gasteiger partial charge on any atom is 0.306 e. The Bertz CT molecular complexity index is 1030. The Kier molecular flexibility index (Phi) is 44.9. The van der Waals surface area contributed by atoms with Crippen LogP contribution in [0.2, 0.25) is 0 Å². The van der Waals surface area contributed by atoms with E-state index in [-0.39, 0.29) is 31.1 Å². The number of hydrogen-bond donors (Lipinski definition) is 0. The van der Waals surface area contributed by atoms with Gasteiger partial charge in [-0.15, -0.1) is 0 Å². The SMILES string of the molecule is CCCCC\C=C/C=C\C=C/C=C\CCCCCCCC(=O)OCC(COC(=O)CCCCCCCCCCC)OC(=O)CCCCCCCCCCCCCCC. The van der Waals surface area contributed by atoms with Crippen LogP contribution in [0.4, 0.5) is 0 Å². The summed E-state index contributed by atoms with van der Waals surface area (Å²) in [5, 5.41) is 0. The Morgan fingerprint density at radius 1 is 0.345 bits per heavy atom. The lowest BCUT2D eigenvalue weighted by Crippen LogP contribution is -2.30. The van der Waals surface area contributed by atoms with E-state index in [4.69, 9.17) is 14.2 Å². The lowest BCUT2D eigenvalue weighted by molar-refractivity contribution is -0.167.